The van der Waals surface area contributed by atoms with Crippen LogP contribution in [0.4, 0.5) is 0 Å². The molecule has 0 spiro atoms. The maximum atomic E-state index is 13.0. The van der Waals surface area contributed by atoms with E-state index in [1.54, 1.807) is 0 Å². The molecule has 0 fully saturated rings. The fourth-order valence-corrected chi connectivity index (χ4v) is 11.0. The number of carbonyl (C=O) groups excluding carboxylic acids is 4. The number of phosphoric acid groups is 2. The normalized spacial score (nSPS) is 14.8. The van der Waals surface area contributed by atoms with Gasteiger partial charge in [0.1, 0.15) is 19.3 Å². The lowest BCUT2D eigenvalue weighted by molar-refractivity contribution is -0.161. The first-order valence-corrected chi connectivity index (χ1v) is 36.2. The van der Waals surface area contributed by atoms with Crippen molar-refractivity contribution in [1.29, 1.82) is 0 Å². The molecule has 17 nitrogen and oxygen atoms in total. The highest BCUT2D eigenvalue weighted by Crippen LogP contribution is 2.45. The SMILES string of the molecule is CCC(C)CCCCCCCCCCCCC(=O)OC[C@H](COP(=O)(O)OC[C@@H](O)COP(=O)(O)OC[C@@H](COC(=O)CCCCCCCCC(C)C)OC(=O)CCCCCCCCCCC(C)C)OC(=O)CCCCCCCCC(C)C. The summed E-state index contributed by atoms with van der Waals surface area (Å²) in [5.41, 5.74) is 0. The number of rotatable bonds is 61. The molecule has 0 radical (unpaired) electrons. The Morgan fingerprint density at radius 1 is 0.337 bits per heavy atom. The van der Waals surface area contributed by atoms with Gasteiger partial charge in [-0.2, -0.15) is 0 Å². The largest absolute Gasteiger partial charge is 0.472 e. The molecule has 0 aromatic rings. The van der Waals surface area contributed by atoms with Gasteiger partial charge in [-0.25, -0.2) is 9.13 Å². The number of carbonyl (C=O) groups is 4. The molecule has 3 N–H and O–H groups in total. The average molecular weight is 1230 g/mol. The van der Waals surface area contributed by atoms with Crippen molar-refractivity contribution >= 4 is 39.5 Å². The van der Waals surface area contributed by atoms with E-state index in [-0.39, 0.29) is 25.7 Å². The summed E-state index contributed by atoms with van der Waals surface area (Å²) >= 11 is 0. The fourth-order valence-electron chi connectivity index (χ4n) is 9.40. The third-order valence-corrected chi connectivity index (χ3v) is 16.8. The Morgan fingerprint density at radius 3 is 0.855 bits per heavy atom. The highest BCUT2D eigenvalue weighted by molar-refractivity contribution is 7.47. The Morgan fingerprint density at radius 2 is 0.578 bits per heavy atom. The van der Waals surface area contributed by atoms with E-state index in [0.29, 0.717) is 37.5 Å². The lowest BCUT2D eigenvalue weighted by atomic mass is 9.99. The van der Waals surface area contributed by atoms with E-state index in [4.69, 9.17) is 37.0 Å². The van der Waals surface area contributed by atoms with Crippen molar-refractivity contribution in [2.75, 3.05) is 39.6 Å². The molecule has 3 unspecified atom stereocenters. The standard InChI is InChI=1S/C64H124O17P2/c1-9-57(8)43-35-27-17-12-10-11-13-18-28-36-44-61(66)74-50-60(81-64(69)47-39-31-23-21-26-34-42-56(6)7)53-79-83(72,73)77-49-58(65)48-76-82(70,71)78-52-59(51-75-62(67)45-37-29-22-20-25-33-41-55(4)5)80-63(68)46-38-30-19-15-14-16-24-32-40-54(2)3/h54-60,65H,9-53H2,1-8H3,(H,70,71)(H,72,73)/t57?,58-,59+,60+/m0/s1. The van der Waals surface area contributed by atoms with Crippen molar-refractivity contribution in [3.05, 3.63) is 0 Å². The van der Waals surface area contributed by atoms with Crippen molar-refractivity contribution in [3.63, 3.8) is 0 Å². The van der Waals surface area contributed by atoms with Gasteiger partial charge in [0.25, 0.3) is 0 Å². The zero-order chi connectivity index (χ0) is 61.8. The Bertz CT molecular complexity index is 1660. The lowest BCUT2D eigenvalue weighted by Gasteiger charge is -2.21. The third-order valence-electron chi connectivity index (χ3n) is 14.9. The number of aliphatic hydroxyl groups is 1. The molecule has 0 aromatic heterocycles. The highest BCUT2D eigenvalue weighted by atomic mass is 31.2. The van der Waals surface area contributed by atoms with Gasteiger partial charge in [-0.15, -0.1) is 0 Å². The van der Waals surface area contributed by atoms with Crippen LogP contribution in [-0.4, -0.2) is 96.7 Å². The van der Waals surface area contributed by atoms with Gasteiger partial charge in [0.15, 0.2) is 12.2 Å². The molecule has 492 valence electrons. The molecular formula is C64H124O17P2. The Hall–Kier alpha value is -1.94. The summed E-state index contributed by atoms with van der Waals surface area (Å²) in [6, 6.07) is 0. The van der Waals surface area contributed by atoms with E-state index in [1.807, 2.05) is 0 Å². The molecular weight excluding hydrogens is 1100 g/mol. The minimum absolute atomic E-state index is 0.101. The Kier molecular flexibility index (Phi) is 53.0. The maximum Gasteiger partial charge on any atom is 0.472 e. The van der Waals surface area contributed by atoms with Crippen LogP contribution in [0.5, 0.6) is 0 Å². The lowest BCUT2D eigenvalue weighted by Crippen LogP contribution is -2.30. The van der Waals surface area contributed by atoms with Gasteiger partial charge >= 0.3 is 39.5 Å². The van der Waals surface area contributed by atoms with Crippen LogP contribution >= 0.6 is 15.6 Å². The summed E-state index contributed by atoms with van der Waals surface area (Å²) in [5.74, 6) is 0.732. The summed E-state index contributed by atoms with van der Waals surface area (Å²) in [6.45, 7) is 13.9. The molecule has 0 saturated carbocycles. The van der Waals surface area contributed by atoms with Crippen LogP contribution in [0.2, 0.25) is 0 Å². The highest BCUT2D eigenvalue weighted by Gasteiger charge is 2.30. The molecule has 0 aliphatic heterocycles. The van der Waals surface area contributed by atoms with E-state index < -0.39 is 97.5 Å². The summed E-state index contributed by atoms with van der Waals surface area (Å²) in [4.78, 5) is 72.1. The predicted molar refractivity (Wildman–Crippen MR) is 331 cm³/mol. The van der Waals surface area contributed by atoms with Crippen LogP contribution in [0.3, 0.4) is 0 Å². The van der Waals surface area contributed by atoms with E-state index in [0.717, 1.165) is 108 Å². The first kappa shape index (κ1) is 81.1. The molecule has 83 heavy (non-hydrogen) atoms. The van der Waals surface area contributed by atoms with Crippen LogP contribution in [0.1, 0.15) is 306 Å². The fraction of sp³-hybridized carbons (Fsp3) is 0.938. The number of ether oxygens (including phenoxy) is 4. The van der Waals surface area contributed by atoms with Crippen LogP contribution < -0.4 is 0 Å². The van der Waals surface area contributed by atoms with E-state index >= 15 is 0 Å². The monoisotopic (exact) mass is 1230 g/mol. The second kappa shape index (κ2) is 54.2. The van der Waals surface area contributed by atoms with Crippen molar-refractivity contribution in [3.8, 4) is 0 Å². The zero-order valence-corrected chi connectivity index (χ0v) is 55.6. The number of hydrogen-bond acceptors (Lipinski definition) is 15. The molecule has 0 bridgehead atoms. The third kappa shape index (κ3) is 57.6. The molecule has 0 aliphatic rings. The summed E-state index contributed by atoms with van der Waals surface area (Å²) in [5, 5.41) is 10.5. The topological polar surface area (TPSA) is 237 Å². The minimum atomic E-state index is -4.94. The van der Waals surface area contributed by atoms with E-state index in [9.17, 15) is 43.2 Å². The minimum Gasteiger partial charge on any atom is -0.462 e. The predicted octanol–water partition coefficient (Wildman–Crippen LogP) is 17.4. The number of aliphatic hydroxyl groups excluding tert-OH is 1. The molecule has 0 heterocycles. The number of unbranched alkanes of at least 4 members (excludes halogenated alkanes) is 26. The van der Waals surface area contributed by atoms with E-state index in [1.165, 1.54) is 103 Å². The van der Waals surface area contributed by atoms with Crippen molar-refractivity contribution in [2.45, 2.75) is 324 Å². The van der Waals surface area contributed by atoms with Crippen molar-refractivity contribution in [2.24, 2.45) is 23.7 Å². The molecule has 0 saturated heterocycles. The second-order valence-electron chi connectivity index (χ2n) is 24.8. The molecule has 6 atom stereocenters. The van der Waals surface area contributed by atoms with Gasteiger partial charge in [0, 0.05) is 25.7 Å². The van der Waals surface area contributed by atoms with Crippen LogP contribution in [0, 0.1) is 23.7 Å². The number of phosphoric ester groups is 2. The van der Waals surface area contributed by atoms with Gasteiger partial charge in [-0.05, 0) is 49.4 Å². The van der Waals surface area contributed by atoms with Gasteiger partial charge in [0.05, 0.1) is 26.4 Å². The maximum absolute atomic E-state index is 13.0. The van der Waals surface area contributed by atoms with Crippen LogP contribution in [0.25, 0.3) is 0 Å². The summed E-state index contributed by atoms with van der Waals surface area (Å²) in [7, 11) is -9.89. The first-order valence-electron chi connectivity index (χ1n) is 33.2. The Labute approximate surface area is 505 Å². The van der Waals surface area contributed by atoms with Crippen molar-refractivity contribution < 1.29 is 80.2 Å². The molecule has 19 heteroatoms. The Balaban J connectivity index is 5.22. The molecule has 0 aromatic carbocycles. The molecule has 0 amide bonds. The van der Waals surface area contributed by atoms with Gasteiger partial charge < -0.3 is 33.8 Å². The zero-order valence-electron chi connectivity index (χ0n) is 53.8. The molecule has 0 aliphatic carbocycles. The smallest absolute Gasteiger partial charge is 0.462 e. The quantitative estimate of drug-likeness (QED) is 0.0222. The van der Waals surface area contributed by atoms with Gasteiger partial charge in [-0.3, -0.25) is 37.3 Å². The van der Waals surface area contributed by atoms with Crippen LogP contribution in [0.15, 0.2) is 0 Å². The number of hydrogen-bond donors (Lipinski definition) is 3. The van der Waals surface area contributed by atoms with Crippen LogP contribution in [-0.2, 0) is 65.4 Å². The number of esters is 4. The summed E-state index contributed by atoms with van der Waals surface area (Å²) < 4.78 is 67.9. The average Bonchev–Trinajstić information content (AvgIpc) is 3.43. The first-order chi connectivity index (χ1) is 39.6. The van der Waals surface area contributed by atoms with Gasteiger partial charge in [-0.1, -0.05) is 254 Å². The van der Waals surface area contributed by atoms with Crippen molar-refractivity contribution in [1.82, 2.24) is 0 Å². The molecule has 0 rings (SSSR count). The van der Waals surface area contributed by atoms with Gasteiger partial charge in [0.2, 0.25) is 0 Å². The van der Waals surface area contributed by atoms with E-state index in [2.05, 4.69) is 55.4 Å². The second-order valence-corrected chi connectivity index (χ2v) is 27.7. The summed E-state index contributed by atoms with van der Waals surface area (Å²) in [6.07, 6.45) is 33.8.